The van der Waals surface area contributed by atoms with Crippen LogP contribution in [0.25, 0.3) is 0 Å². The highest BCUT2D eigenvalue weighted by Crippen LogP contribution is 2.24. The molecule has 1 saturated heterocycles. The average Bonchev–Trinajstić information content (AvgIpc) is 2.96. The minimum atomic E-state index is -0.315. The van der Waals surface area contributed by atoms with Gasteiger partial charge in [0.2, 0.25) is 0 Å². The summed E-state index contributed by atoms with van der Waals surface area (Å²) in [5, 5.41) is 3.72. The number of anilines is 1. The zero-order chi connectivity index (χ0) is 16.9. The lowest BCUT2D eigenvalue weighted by atomic mass is 10.2. The van der Waals surface area contributed by atoms with Crippen LogP contribution in [-0.4, -0.2) is 32.3 Å². The Kier molecular flexibility index (Phi) is 5.23. The van der Waals surface area contributed by atoms with Crippen LogP contribution in [0.2, 0.25) is 5.02 Å². The SMILES string of the molecule is CNCC1CN(c2ccc(OCc3ccc(Cl)cc3)cc2)C(=O)O1. The summed E-state index contributed by atoms with van der Waals surface area (Å²) in [4.78, 5) is 13.5. The van der Waals surface area contributed by atoms with Gasteiger partial charge < -0.3 is 14.8 Å². The lowest BCUT2D eigenvalue weighted by molar-refractivity contribution is 0.141. The number of ether oxygens (including phenoxy) is 2. The Morgan fingerprint density at radius 2 is 1.92 bits per heavy atom. The fourth-order valence-corrected chi connectivity index (χ4v) is 2.66. The van der Waals surface area contributed by atoms with E-state index in [1.54, 1.807) is 4.90 Å². The predicted octanol–water partition coefficient (Wildman–Crippen LogP) is 3.46. The maximum atomic E-state index is 11.9. The van der Waals surface area contributed by atoms with Crippen molar-refractivity contribution in [2.75, 3.05) is 25.0 Å². The predicted molar refractivity (Wildman–Crippen MR) is 93.8 cm³/mol. The third kappa shape index (κ3) is 3.99. The molecular weight excluding hydrogens is 328 g/mol. The molecule has 2 aromatic carbocycles. The van der Waals surface area contributed by atoms with Crippen molar-refractivity contribution in [1.82, 2.24) is 5.32 Å². The first-order valence-corrected chi connectivity index (χ1v) is 8.13. The Labute approximate surface area is 146 Å². The molecule has 0 aliphatic carbocycles. The van der Waals surface area contributed by atoms with Gasteiger partial charge in [0, 0.05) is 17.3 Å². The molecule has 1 unspecified atom stereocenters. The summed E-state index contributed by atoms with van der Waals surface area (Å²) < 4.78 is 11.0. The molecule has 2 aromatic rings. The van der Waals surface area contributed by atoms with Crippen LogP contribution in [0.4, 0.5) is 10.5 Å². The summed E-state index contributed by atoms with van der Waals surface area (Å²) in [5.74, 6) is 0.744. The normalized spacial score (nSPS) is 17.0. The van der Waals surface area contributed by atoms with Crippen molar-refractivity contribution in [1.29, 1.82) is 0 Å². The van der Waals surface area contributed by atoms with E-state index in [4.69, 9.17) is 21.1 Å². The Morgan fingerprint density at radius 1 is 1.21 bits per heavy atom. The van der Waals surface area contributed by atoms with Crippen LogP contribution in [0, 0.1) is 0 Å². The van der Waals surface area contributed by atoms with Gasteiger partial charge in [-0.05, 0) is 49.0 Å². The van der Waals surface area contributed by atoms with Gasteiger partial charge in [-0.3, -0.25) is 4.90 Å². The number of carbonyl (C=O) groups is 1. The molecule has 1 aliphatic heterocycles. The number of hydrogen-bond acceptors (Lipinski definition) is 4. The highest BCUT2D eigenvalue weighted by molar-refractivity contribution is 6.30. The van der Waals surface area contributed by atoms with Crippen molar-refractivity contribution in [2.24, 2.45) is 0 Å². The lowest BCUT2D eigenvalue weighted by Crippen LogP contribution is -2.28. The van der Waals surface area contributed by atoms with Crippen LogP contribution >= 0.6 is 11.6 Å². The molecule has 1 amide bonds. The van der Waals surface area contributed by atoms with Gasteiger partial charge in [-0.15, -0.1) is 0 Å². The highest BCUT2D eigenvalue weighted by atomic mass is 35.5. The van der Waals surface area contributed by atoms with Gasteiger partial charge in [0.05, 0.1) is 6.54 Å². The summed E-state index contributed by atoms with van der Waals surface area (Å²) in [5.41, 5.74) is 1.85. The van der Waals surface area contributed by atoms with Crippen molar-refractivity contribution in [3.63, 3.8) is 0 Å². The van der Waals surface area contributed by atoms with E-state index in [-0.39, 0.29) is 12.2 Å². The van der Waals surface area contributed by atoms with Crippen molar-refractivity contribution < 1.29 is 14.3 Å². The van der Waals surface area contributed by atoms with Crippen LogP contribution in [0.5, 0.6) is 5.75 Å². The summed E-state index contributed by atoms with van der Waals surface area (Å²) in [6.07, 6.45) is -0.437. The average molecular weight is 347 g/mol. The molecule has 3 rings (SSSR count). The molecule has 24 heavy (non-hydrogen) atoms. The minimum Gasteiger partial charge on any atom is -0.489 e. The zero-order valence-corrected chi connectivity index (χ0v) is 14.1. The summed E-state index contributed by atoms with van der Waals surface area (Å²) in [7, 11) is 1.84. The van der Waals surface area contributed by atoms with Crippen LogP contribution in [0.1, 0.15) is 5.56 Å². The molecule has 0 saturated carbocycles. The van der Waals surface area contributed by atoms with Gasteiger partial charge >= 0.3 is 6.09 Å². The first-order valence-electron chi connectivity index (χ1n) is 7.76. The van der Waals surface area contributed by atoms with E-state index in [0.717, 1.165) is 17.0 Å². The zero-order valence-electron chi connectivity index (χ0n) is 13.4. The number of nitrogens with one attached hydrogen (secondary N) is 1. The number of rotatable bonds is 6. The van der Waals surface area contributed by atoms with E-state index in [0.29, 0.717) is 24.7 Å². The Balaban J connectivity index is 1.59. The van der Waals surface area contributed by atoms with E-state index >= 15 is 0 Å². The van der Waals surface area contributed by atoms with Crippen LogP contribution < -0.4 is 15.0 Å². The van der Waals surface area contributed by atoms with Crippen molar-refractivity contribution >= 4 is 23.4 Å². The molecule has 1 heterocycles. The number of cyclic esters (lactones) is 1. The largest absolute Gasteiger partial charge is 0.489 e. The van der Waals surface area contributed by atoms with Crippen molar-refractivity contribution in [3.05, 3.63) is 59.1 Å². The van der Waals surface area contributed by atoms with Gasteiger partial charge in [0.25, 0.3) is 0 Å². The minimum absolute atomic E-state index is 0.122. The molecule has 1 N–H and O–H groups in total. The fraction of sp³-hybridized carbons (Fsp3) is 0.278. The molecular formula is C18H19ClN2O3. The maximum absolute atomic E-state index is 11.9. The second kappa shape index (κ2) is 7.55. The second-order valence-corrected chi connectivity index (χ2v) is 6.02. The molecule has 0 bridgehead atoms. The number of amides is 1. The van der Waals surface area contributed by atoms with Crippen LogP contribution in [-0.2, 0) is 11.3 Å². The molecule has 1 atom stereocenters. The maximum Gasteiger partial charge on any atom is 0.414 e. The summed E-state index contributed by atoms with van der Waals surface area (Å²) in [6, 6.07) is 15.0. The Hall–Kier alpha value is -2.24. The van der Waals surface area contributed by atoms with Gasteiger partial charge in [-0.1, -0.05) is 23.7 Å². The standard InChI is InChI=1S/C18H19ClN2O3/c1-20-10-17-11-21(18(22)24-17)15-6-8-16(9-7-15)23-12-13-2-4-14(19)5-3-13/h2-9,17,20H,10-12H2,1H3. The molecule has 0 radical (unpaired) electrons. The number of halogens is 1. The van der Waals surface area contributed by atoms with Gasteiger partial charge in [0.1, 0.15) is 18.5 Å². The number of hydrogen-bond donors (Lipinski definition) is 1. The second-order valence-electron chi connectivity index (χ2n) is 5.58. The third-order valence-electron chi connectivity index (χ3n) is 3.77. The Bertz CT molecular complexity index is 688. The molecule has 126 valence electrons. The molecule has 5 nitrogen and oxygen atoms in total. The number of likely N-dealkylation sites (N-methyl/N-ethyl adjacent to an activating group) is 1. The smallest absolute Gasteiger partial charge is 0.414 e. The fourth-order valence-electron chi connectivity index (χ4n) is 2.54. The van der Waals surface area contributed by atoms with Crippen molar-refractivity contribution in [2.45, 2.75) is 12.7 Å². The van der Waals surface area contributed by atoms with E-state index in [2.05, 4.69) is 5.32 Å². The molecule has 1 fully saturated rings. The first kappa shape index (κ1) is 16.6. The molecule has 6 heteroatoms. The Morgan fingerprint density at radius 3 is 2.58 bits per heavy atom. The van der Waals surface area contributed by atoms with Crippen molar-refractivity contribution in [3.8, 4) is 5.75 Å². The molecule has 0 spiro atoms. The third-order valence-corrected chi connectivity index (χ3v) is 4.03. The lowest BCUT2D eigenvalue weighted by Gasteiger charge is -2.14. The summed E-state index contributed by atoms with van der Waals surface area (Å²) >= 11 is 5.86. The van der Waals surface area contributed by atoms with Gasteiger partial charge in [-0.2, -0.15) is 0 Å². The molecule has 0 aromatic heterocycles. The van der Waals surface area contributed by atoms with E-state index in [9.17, 15) is 4.79 Å². The monoisotopic (exact) mass is 346 g/mol. The number of nitrogens with zero attached hydrogens (tertiary/aromatic N) is 1. The van der Waals surface area contributed by atoms with E-state index in [1.165, 1.54) is 0 Å². The van der Waals surface area contributed by atoms with Crippen LogP contribution in [0.15, 0.2) is 48.5 Å². The van der Waals surface area contributed by atoms with Gasteiger partial charge in [0.15, 0.2) is 0 Å². The van der Waals surface area contributed by atoms with Gasteiger partial charge in [-0.25, -0.2) is 4.79 Å². The first-order chi connectivity index (χ1) is 11.7. The highest BCUT2D eigenvalue weighted by Gasteiger charge is 2.31. The van der Waals surface area contributed by atoms with Crippen LogP contribution in [0.3, 0.4) is 0 Å². The topological polar surface area (TPSA) is 50.8 Å². The van der Waals surface area contributed by atoms with E-state index < -0.39 is 0 Å². The molecule has 1 aliphatic rings. The summed E-state index contributed by atoms with van der Waals surface area (Å²) in [6.45, 7) is 1.65. The number of carbonyl (C=O) groups excluding carboxylic acids is 1. The van der Waals surface area contributed by atoms with E-state index in [1.807, 2.05) is 55.6 Å². The quantitative estimate of drug-likeness (QED) is 0.870. The number of benzene rings is 2.